The van der Waals surface area contributed by atoms with E-state index in [1.807, 2.05) is 0 Å². The average Bonchev–Trinajstić information content (AvgIpc) is 2.93. The largest absolute Gasteiger partial charge is 0.378 e. The van der Waals surface area contributed by atoms with Crippen molar-refractivity contribution >= 4 is 15.9 Å². The van der Waals surface area contributed by atoms with Crippen molar-refractivity contribution in [3.05, 3.63) is 34.4 Å². The number of halogens is 2. The van der Waals surface area contributed by atoms with Crippen molar-refractivity contribution in [2.75, 3.05) is 19.8 Å². The molecule has 7 heteroatoms. The van der Waals surface area contributed by atoms with Gasteiger partial charge >= 0.3 is 0 Å². The van der Waals surface area contributed by atoms with Crippen LogP contribution in [-0.4, -0.2) is 29.9 Å². The van der Waals surface area contributed by atoms with Gasteiger partial charge in [-0.25, -0.2) is 4.39 Å². The lowest BCUT2D eigenvalue weighted by Gasteiger charge is -2.20. The third-order valence-corrected chi connectivity index (χ3v) is 3.45. The van der Waals surface area contributed by atoms with Crippen LogP contribution in [0, 0.1) is 5.82 Å². The highest BCUT2D eigenvalue weighted by atomic mass is 79.9. The summed E-state index contributed by atoms with van der Waals surface area (Å²) in [7, 11) is 0. The molecule has 19 heavy (non-hydrogen) atoms. The van der Waals surface area contributed by atoms with Crippen LogP contribution < -0.4 is 5.32 Å². The van der Waals surface area contributed by atoms with Crippen LogP contribution in [0.1, 0.15) is 11.9 Å². The topological polar surface area (TPSA) is 60.2 Å². The summed E-state index contributed by atoms with van der Waals surface area (Å²) in [5.41, 5.74) is 0.694. The normalized spacial score (nSPS) is 19.6. The lowest BCUT2D eigenvalue weighted by Crippen LogP contribution is -2.34. The molecule has 0 spiro atoms. The minimum Gasteiger partial charge on any atom is -0.378 e. The number of benzene rings is 1. The molecule has 0 aliphatic carbocycles. The zero-order valence-corrected chi connectivity index (χ0v) is 11.5. The summed E-state index contributed by atoms with van der Waals surface area (Å²) >= 11 is 3.13. The Morgan fingerprint density at radius 3 is 3.05 bits per heavy atom. The van der Waals surface area contributed by atoms with E-state index < -0.39 is 0 Å². The van der Waals surface area contributed by atoms with E-state index in [0.717, 1.165) is 6.54 Å². The van der Waals surface area contributed by atoms with Crippen LogP contribution in [0.4, 0.5) is 4.39 Å². The minimum absolute atomic E-state index is 0.0844. The summed E-state index contributed by atoms with van der Waals surface area (Å²) in [4.78, 5) is 4.31. The van der Waals surface area contributed by atoms with Gasteiger partial charge in [0, 0.05) is 12.1 Å². The molecule has 0 bridgehead atoms. The highest BCUT2D eigenvalue weighted by Gasteiger charge is 2.22. The van der Waals surface area contributed by atoms with E-state index in [-0.39, 0.29) is 11.9 Å². The van der Waals surface area contributed by atoms with E-state index in [2.05, 4.69) is 31.4 Å². The Hall–Kier alpha value is -1.31. The standard InChI is InChI=1S/C12H11BrFN3O2/c13-8-5-7(1-2-9(8)14)11-16-12(19-17-11)10-6-18-4-3-15-10/h1-2,5,10,15H,3-4,6H2. The number of hydrogen-bond acceptors (Lipinski definition) is 5. The first kappa shape index (κ1) is 12.7. The first-order valence-corrected chi connectivity index (χ1v) is 6.63. The van der Waals surface area contributed by atoms with Crippen LogP contribution in [0.5, 0.6) is 0 Å². The molecule has 5 nitrogen and oxygen atoms in total. The maximum absolute atomic E-state index is 13.2. The Morgan fingerprint density at radius 2 is 2.32 bits per heavy atom. The van der Waals surface area contributed by atoms with Crippen molar-refractivity contribution in [1.29, 1.82) is 0 Å². The predicted molar refractivity (Wildman–Crippen MR) is 69.0 cm³/mol. The van der Waals surface area contributed by atoms with Gasteiger partial charge in [0.05, 0.1) is 17.7 Å². The van der Waals surface area contributed by atoms with E-state index >= 15 is 0 Å². The monoisotopic (exact) mass is 327 g/mol. The molecule has 1 aliphatic heterocycles. The van der Waals surface area contributed by atoms with E-state index in [4.69, 9.17) is 9.26 Å². The van der Waals surface area contributed by atoms with E-state index in [9.17, 15) is 4.39 Å². The fraction of sp³-hybridized carbons (Fsp3) is 0.333. The van der Waals surface area contributed by atoms with Crippen molar-refractivity contribution in [2.24, 2.45) is 0 Å². The Bertz CT molecular complexity index is 584. The molecule has 1 aromatic heterocycles. The maximum Gasteiger partial charge on any atom is 0.246 e. The summed E-state index contributed by atoms with van der Waals surface area (Å²) in [6.07, 6.45) is 0. The number of morpholine rings is 1. The molecular formula is C12H11BrFN3O2. The molecule has 1 aromatic carbocycles. The van der Waals surface area contributed by atoms with E-state index in [1.54, 1.807) is 12.1 Å². The molecule has 0 saturated carbocycles. The third-order valence-electron chi connectivity index (χ3n) is 2.84. The van der Waals surface area contributed by atoms with Crippen LogP contribution in [0.15, 0.2) is 27.2 Å². The van der Waals surface area contributed by atoms with Crippen LogP contribution in [0.3, 0.4) is 0 Å². The van der Waals surface area contributed by atoms with E-state index in [0.29, 0.717) is 35.0 Å². The van der Waals surface area contributed by atoms with E-state index in [1.165, 1.54) is 6.07 Å². The number of ether oxygens (including phenoxy) is 1. The second-order valence-corrected chi connectivity index (χ2v) is 5.02. The quantitative estimate of drug-likeness (QED) is 0.917. The number of hydrogen-bond donors (Lipinski definition) is 1. The van der Waals surface area contributed by atoms with Gasteiger partial charge < -0.3 is 14.6 Å². The highest BCUT2D eigenvalue weighted by Crippen LogP contribution is 2.24. The number of rotatable bonds is 2. The Kier molecular flexibility index (Phi) is 3.58. The summed E-state index contributed by atoms with van der Waals surface area (Å²) in [6, 6.07) is 4.50. The summed E-state index contributed by atoms with van der Waals surface area (Å²) < 4.78 is 24.1. The molecule has 3 rings (SSSR count). The number of aromatic nitrogens is 2. The summed E-state index contributed by atoms with van der Waals surface area (Å²) in [5, 5.41) is 7.14. The highest BCUT2D eigenvalue weighted by molar-refractivity contribution is 9.10. The smallest absolute Gasteiger partial charge is 0.246 e. The molecule has 1 fully saturated rings. The van der Waals surface area contributed by atoms with Crippen LogP contribution >= 0.6 is 15.9 Å². The zero-order chi connectivity index (χ0) is 13.2. The van der Waals surface area contributed by atoms with Gasteiger partial charge in [-0.3, -0.25) is 0 Å². The second-order valence-electron chi connectivity index (χ2n) is 4.17. The molecule has 100 valence electrons. The predicted octanol–water partition coefficient (Wildman–Crippen LogP) is 2.30. The van der Waals surface area contributed by atoms with Crippen LogP contribution in [0.2, 0.25) is 0 Å². The fourth-order valence-electron chi connectivity index (χ4n) is 1.85. The van der Waals surface area contributed by atoms with Crippen LogP contribution in [0.25, 0.3) is 11.4 Å². The van der Waals surface area contributed by atoms with Crippen LogP contribution in [-0.2, 0) is 4.74 Å². The summed E-state index contributed by atoms with van der Waals surface area (Å²) in [5.74, 6) is 0.591. The molecule has 2 aromatic rings. The zero-order valence-electron chi connectivity index (χ0n) is 9.90. The van der Waals surface area contributed by atoms with Gasteiger partial charge in [-0.2, -0.15) is 4.98 Å². The van der Waals surface area contributed by atoms with Gasteiger partial charge in [-0.15, -0.1) is 0 Å². The Labute approximate surface area is 117 Å². The second kappa shape index (κ2) is 5.36. The molecule has 1 atom stereocenters. The first-order chi connectivity index (χ1) is 9.24. The van der Waals surface area contributed by atoms with Gasteiger partial charge in [0.15, 0.2) is 0 Å². The molecular weight excluding hydrogens is 317 g/mol. The lowest BCUT2D eigenvalue weighted by molar-refractivity contribution is 0.0659. The molecule has 0 amide bonds. The number of nitrogens with zero attached hydrogens (tertiary/aromatic N) is 2. The van der Waals surface area contributed by atoms with Gasteiger partial charge in [0.1, 0.15) is 11.9 Å². The molecule has 2 heterocycles. The molecule has 1 saturated heterocycles. The Balaban J connectivity index is 1.85. The SMILES string of the molecule is Fc1ccc(-c2noc(C3COCCN3)n2)cc1Br. The molecule has 1 unspecified atom stereocenters. The van der Waals surface area contributed by atoms with Crippen molar-refractivity contribution in [3.63, 3.8) is 0 Å². The molecule has 1 N–H and O–H groups in total. The van der Waals surface area contributed by atoms with Crippen molar-refractivity contribution < 1.29 is 13.7 Å². The van der Waals surface area contributed by atoms with Crippen molar-refractivity contribution in [1.82, 2.24) is 15.5 Å². The summed E-state index contributed by atoms with van der Waals surface area (Å²) in [6.45, 7) is 1.95. The Morgan fingerprint density at radius 1 is 1.42 bits per heavy atom. The average molecular weight is 328 g/mol. The third kappa shape index (κ3) is 2.68. The maximum atomic E-state index is 13.2. The van der Waals surface area contributed by atoms with Gasteiger partial charge in [-0.05, 0) is 34.1 Å². The van der Waals surface area contributed by atoms with Gasteiger partial charge in [-0.1, -0.05) is 5.16 Å². The van der Waals surface area contributed by atoms with Gasteiger partial charge in [0.25, 0.3) is 0 Å². The van der Waals surface area contributed by atoms with Crippen molar-refractivity contribution in [3.8, 4) is 11.4 Å². The fourth-order valence-corrected chi connectivity index (χ4v) is 2.23. The minimum atomic E-state index is -0.324. The number of nitrogens with one attached hydrogen (secondary N) is 1. The molecule has 0 radical (unpaired) electrons. The first-order valence-electron chi connectivity index (χ1n) is 5.84. The molecule has 1 aliphatic rings. The van der Waals surface area contributed by atoms with Gasteiger partial charge in [0.2, 0.25) is 11.7 Å². The lowest BCUT2D eigenvalue weighted by atomic mass is 10.2. The van der Waals surface area contributed by atoms with Crippen molar-refractivity contribution in [2.45, 2.75) is 6.04 Å².